The van der Waals surface area contributed by atoms with Crippen LogP contribution in [0.25, 0.3) is 0 Å². The first kappa shape index (κ1) is 34.2. The van der Waals surface area contributed by atoms with Crippen molar-refractivity contribution < 1.29 is 19.1 Å². The third-order valence-corrected chi connectivity index (χ3v) is 11.4. The van der Waals surface area contributed by atoms with Crippen molar-refractivity contribution in [3.63, 3.8) is 0 Å². The lowest BCUT2D eigenvalue weighted by Crippen LogP contribution is -2.61. The Hall–Kier alpha value is -0.960. The van der Waals surface area contributed by atoms with Crippen LogP contribution in [0.15, 0.2) is 24.3 Å². The van der Waals surface area contributed by atoms with E-state index in [1.165, 1.54) is 19.3 Å². The average Bonchev–Trinajstić information content (AvgIpc) is 2.76. The zero-order valence-corrected chi connectivity index (χ0v) is 27.9. The summed E-state index contributed by atoms with van der Waals surface area (Å²) in [5.74, 6) is -0.601. The highest BCUT2D eigenvalue weighted by Gasteiger charge is 2.52. The third-order valence-electron chi connectivity index (χ3n) is 7.98. The predicted molar refractivity (Wildman–Crippen MR) is 166 cm³/mol. The van der Waals surface area contributed by atoms with Crippen LogP contribution in [0.5, 0.6) is 0 Å². The van der Waals surface area contributed by atoms with Crippen molar-refractivity contribution in [2.24, 2.45) is 0 Å². The lowest BCUT2D eigenvalue weighted by molar-refractivity contribution is -0.152. The van der Waals surface area contributed by atoms with E-state index in [2.05, 4.69) is 77.2 Å². The number of piperidine rings is 2. The lowest BCUT2D eigenvalue weighted by atomic mass is 9.77. The van der Waals surface area contributed by atoms with Gasteiger partial charge in [0.15, 0.2) is 0 Å². The molecule has 0 radical (unpaired) electrons. The summed E-state index contributed by atoms with van der Waals surface area (Å²) < 4.78 is 16.8. The Kier molecular flexibility index (Phi) is 11.7. The van der Waals surface area contributed by atoms with E-state index in [1.807, 2.05) is 22.0 Å². The SMILES string of the molecule is C=C(C)C(=O)OC1CC(C)(C)N(SSN2C(C)(C)CC(OC(=O)C(=C)C)CC2(C)CCCCCC)C(C)(C)C1. The molecule has 0 aromatic carbocycles. The molecule has 2 saturated heterocycles. The molecule has 0 amide bonds. The molecule has 2 rings (SSSR count). The van der Waals surface area contributed by atoms with Crippen molar-refractivity contribution in [2.45, 2.75) is 161 Å². The second kappa shape index (κ2) is 13.3. The van der Waals surface area contributed by atoms with Crippen molar-refractivity contribution in [3.8, 4) is 0 Å². The average molecular weight is 583 g/mol. The Morgan fingerprint density at radius 2 is 1.13 bits per heavy atom. The van der Waals surface area contributed by atoms with Crippen LogP contribution in [-0.4, -0.2) is 54.9 Å². The molecule has 2 heterocycles. The van der Waals surface area contributed by atoms with Crippen molar-refractivity contribution in [1.29, 1.82) is 0 Å². The molecular weight excluding hydrogens is 528 g/mol. The van der Waals surface area contributed by atoms with Gasteiger partial charge in [0, 0.05) is 80.9 Å². The number of nitrogens with zero attached hydrogens (tertiary/aromatic N) is 2. The molecule has 2 aliphatic heterocycles. The first-order valence-electron chi connectivity index (χ1n) is 14.5. The fraction of sp³-hybridized carbons (Fsp3) is 0.806. The Bertz CT molecular complexity index is 898. The first-order valence-corrected chi connectivity index (χ1v) is 16.6. The molecule has 2 fully saturated rings. The second-order valence-electron chi connectivity index (χ2n) is 13.9. The third kappa shape index (κ3) is 9.01. The highest BCUT2D eigenvalue weighted by Crippen LogP contribution is 2.54. The molecule has 0 saturated carbocycles. The van der Waals surface area contributed by atoms with Crippen LogP contribution >= 0.6 is 22.0 Å². The molecule has 224 valence electrons. The first-order chi connectivity index (χ1) is 17.8. The largest absolute Gasteiger partial charge is 0.459 e. The Morgan fingerprint density at radius 3 is 1.56 bits per heavy atom. The number of carbonyl (C=O) groups excluding carboxylic acids is 2. The normalized spacial score (nSPS) is 27.1. The van der Waals surface area contributed by atoms with Crippen LogP contribution in [0.3, 0.4) is 0 Å². The van der Waals surface area contributed by atoms with E-state index < -0.39 is 0 Å². The predicted octanol–water partition coefficient (Wildman–Crippen LogP) is 8.43. The van der Waals surface area contributed by atoms with Gasteiger partial charge in [-0.25, -0.2) is 18.2 Å². The minimum absolute atomic E-state index is 0.128. The smallest absolute Gasteiger partial charge is 0.333 e. The standard InChI is InChI=1S/C31H54N2O4S2/c1-13-14-15-16-17-31(12)21-25(37-27(35)23(4)5)20-30(10,11)33(31)39-38-32-28(6,7)18-24(19-29(32,8)9)36-26(34)22(2)3/h24-25H,2,4,13-21H2,1,3,5-12H3. The second-order valence-corrected chi connectivity index (χ2v) is 15.8. The van der Waals surface area contributed by atoms with E-state index in [9.17, 15) is 9.59 Å². The summed E-state index contributed by atoms with van der Waals surface area (Å²) >= 11 is 0. The van der Waals surface area contributed by atoms with Crippen molar-refractivity contribution in [1.82, 2.24) is 8.61 Å². The maximum atomic E-state index is 12.4. The Morgan fingerprint density at radius 1 is 0.718 bits per heavy atom. The van der Waals surface area contributed by atoms with Crippen molar-refractivity contribution >= 4 is 33.9 Å². The zero-order chi connectivity index (χ0) is 29.8. The summed E-state index contributed by atoms with van der Waals surface area (Å²) in [6.45, 7) is 29.0. The number of carbonyl (C=O) groups is 2. The van der Waals surface area contributed by atoms with Crippen LogP contribution in [-0.2, 0) is 19.1 Å². The maximum Gasteiger partial charge on any atom is 0.333 e. The van der Waals surface area contributed by atoms with Gasteiger partial charge in [0.1, 0.15) is 12.2 Å². The zero-order valence-electron chi connectivity index (χ0n) is 26.3. The molecule has 6 nitrogen and oxygen atoms in total. The molecule has 0 aromatic rings. The van der Waals surface area contributed by atoms with Gasteiger partial charge in [-0.2, -0.15) is 0 Å². The summed E-state index contributed by atoms with van der Waals surface area (Å²) in [6.07, 6.45) is 8.70. The highest BCUT2D eigenvalue weighted by atomic mass is 33.1. The molecule has 0 bridgehead atoms. The van der Waals surface area contributed by atoms with Gasteiger partial charge in [0.25, 0.3) is 0 Å². The van der Waals surface area contributed by atoms with Gasteiger partial charge in [0.2, 0.25) is 0 Å². The molecule has 2 unspecified atom stereocenters. The fourth-order valence-corrected chi connectivity index (χ4v) is 10.5. The van der Waals surface area contributed by atoms with Crippen molar-refractivity contribution in [2.75, 3.05) is 0 Å². The molecule has 8 heteroatoms. The molecule has 0 aromatic heterocycles. The molecule has 2 aliphatic rings. The molecule has 0 aliphatic carbocycles. The summed E-state index contributed by atoms with van der Waals surface area (Å²) in [7, 11) is 3.64. The molecule has 0 N–H and O–H groups in total. The van der Waals surface area contributed by atoms with E-state index in [1.54, 1.807) is 13.8 Å². The lowest BCUT2D eigenvalue weighted by Gasteiger charge is -2.57. The van der Waals surface area contributed by atoms with Gasteiger partial charge < -0.3 is 9.47 Å². The Balaban J connectivity index is 2.25. The van der Waals surface area contributed by atoms with E-state index in [0.717, 1.165) is 38.5 Å². The van der Waals surface area contributed by atoms with Gasteiger partial charge in [-0.1, -0.05) is 45.8 Å². The molecular formula is C31H54N2O4S2. The summed E-state index contributed by atoms with van der Waals surface area (Å²) in [5.41, 5.74) is 0.213. The van der Waals surface area contributed by atoms with Gasteiger partial charge in [-0.15, -0.1) is 0 Å². The van der Waals surface area contributed by atoms with Crippen LogP contribution in [0, 0.1) is 0 Å². The number of rotatable bonds is 12. The van der Waals surface area contributed by atoms with Gasteiger partial charge in [0.05, 0.1) is 0 Å². The topological polar surface area (TPSA) is 59.1 Å². The summed E-state index contributed by atoms with van der Waals surface area (Å²) in [5, 5.41) is 0. The molecule has 39 heavy (non-hydrogen) atoms. The quantitative estimate of drug-likeness (QED) is 0.0747. The number of hydrogen-bond donors (Lipinski definition) is 0. The highest BCUT2D eigenvalue weighted by molar-refractivity contribution is 8.74. The van der Waals surface area contributed by atoms with E-state index >= 15 is 0 Å². The van der Waals surface area contributed by atoms with Gasteiger partial charge >= 0.3 is 11.9 Å². The number of ether oxygens (including phenoxy) is 2. The van der Waals surface area contributed by atoms with Crippen LogP contribution < -0.4 is 0 Å². The van der Waals surface area contributed by atoms with E-state index in [0.29, 0.717) is 11.1 Å². The molecule has 0 spiro atoms. The van der Waals surface area contributed by atoms with E-state index in [-0.39, 0.29) is 46.3 Å². The van der Waals surface area contributed by atoms with E-state index in [4.69, 9.17) is 9.47 Å². The molecule has 2 atom stereocenters. The van der Waals surface area contributed by atoms with Crippen LogP contribution in [0.4, 0.5) is 0 Å². The van der Waals surface area contributed by atoms with Crippen molar-refractivity contribution in [3.05, 3.63) is 24.3 Å². The van der Waals surface area contributed by atoms with Crippen LogP contribution in [0.2, 0.25) is 0 Å². The summed E-state index contributed by atoms with van der Waals surface area (Å²) in [6, 6.07) is 0. The minimum atomic E-state index is -0.308. The number of unbranched alkanes of at least 4 members (excludes halogenated alkanes) is 3. The fourth-order valence-electron chi connectivity index (χ4n) is 6.45. The number of hydrogen-bond acceptors (Lipinski definition) is 8. The monoisotopic (exact) mass is 582 g/mol. The summed E-state index contributed by atoms with van der Waals surface area (Å²) in [4.78, 5) is 24.7. The number of esters is 2. The minimum Gasteiger partial charge on any atom is -0.459 e. The van der Waals surface area contributed by atoms with Gasteiger partial charge in [-0.05, 0) is 68.7 Å². The van der Waals surface area contributed by atoms with Crippen LogP contribution in [0.1, 0.15) is 127 Å². The Labute approximate surface area is 246 Å². The van der Waals surface area contributed by atoms with Gasteiger partial charge in [-0.3, -0.25) is 0 Å². The maximum absolute atomic E-state index is 12.4.